The average molecular weight is 376 g/mol. The molecule has 27 heavy (non-hydrogen) atoms. The van der Waals surface area contributed by atoms with Crippen LogP contribution >= 0.6 is 0 Å². The van der Waals surface area contributed by atoms with E-state index in [1.54, 1.807) is 0 Å². The van der Waals surface area contributed by atoms with E-state index in [4.69, 9.17) is 4.74 Å². The van der Waals surface area contributed by atoms with Gasteiger partial charge in [0.05, 0.1) is 18.8 Å². The van der Waals surface area contributed by atoms with Crippen molar-refractivity contribution in [2.24, 2.45) is 17.8 Å². The van der Waals surface area contributed by atoms with Crippen LogP contribution in [0.15, 0.2) is 24.4 Å². The molecule has 4 atom stereocenters. The highest BCUT2D eigenvalue weighted by Crippen LogP contribution is 2.35. The van der Waals surface area contributed by atoms with E-state index in [1.807, 2.05) is 18.3 Å². The largest absolute Gasteiger partial charge is 0.389 e. The minimum Gasteiger partial charge on any atom is -0.389 e. The first kappa shape index (κ1) is 20.6. The Morgan fingerprint density at radius 2 is 1.96 bits per heavy atom. The van der Waals surface area contributed by atoms with Gasteiger partial charge in [0.1, 0.15) is 5.82 Å². The van der Waals surface area contributed by atoms with Crippen LogP contribution in [0.1, 0.15) is 40.0 Å². The minimum atomic E-state index is -0.406. The molecule has 0 spiro atoms. The zero-order chi connectivity index (χ0) is 19.2. The number of anilines is 1. The number of pyridine rings is 1. The molecule has 2 heterocycles. The van der Waals surface area contributed by atoms with Gasteiger partial charge in [-0.1, -0.05) is 33.3 Å². The fourth-order valence-corrected chi connectivity index (χ4v) is 4.59. The third-order valence-electron chi connectivity index (χ3n) is 6.28. The smallest absolute Gasteiger partial charge is 0.128 e. The Kier molecular flexibility index (Phi) is 7.50. The van der Waals surface area contributed by atoms with Crippen LogP contribution in [0.2, 0.25) is 0 Å². The summed E-state index contributed by atoms with van der Waals surface area (Å²) in [7, 11) is 0. The van der Waals surface area contributed by atoms with Gasteiger partial charge in [-0.05, 0) is 42.7 Å². The standard InChI is InChI=1S/C22H37N3O2/c1-17(2)20-8-7-18(3)14-21(20)27-16-19(26)15-24-10-12-25(13-11-24)22-6-4-5-9-23-22/h4-6,9,17-21,26H,7-8,10-16H2,1-3H3/t18-,19+,20-,21-/m1/s1. The molecule has 1 aromatic rings. The third kappa shape index (κ3) is 5.90. The molecule has 3 rings (SSSR count). The molecule has 0 bridgehead atoms. The summed E-state index contributed by atoms with van der Waals surface area (Å²) in [6.45, 7) is 11.9. The van der Waals surface area contributed by atoms with Crippen LogP contribution in [-0.2, 0) is 4.74 Å². The highest BCUT2D eigenvalue weighted by Gasteiger charge is 2.32. The molecule has 5 heteroatoms. The molecule has 0 radical (unpaired) electrons. The highest BCUT2D eigenvalue weighted by molar-refractivity contribution is 5.38. The first-order valence-electron chi connectivity index (χ1n) is 10.7. The van der Waals surface area contributed by atoms with Gasteiger partial charge in [-0.3, -0.25) is 4.90 Å². The van der Waals surface area contributed by atoms with E-state index in [9.17, 15) is 5.11 Å². The first-order valence-corrected chi connectivity index (χ1v) is 10.7. The lowest BCUT2D eigenvalue weighted by molar-refractivity contribution is -0.0740. The van der Waals surface area contributed by atoms with Crippen molar-refractivity contribution in [2.75, 3.05) is 44.2 Å². The maximum Gasteiger partial charge on any atom is 0.128 e. The Morgan fingerprint density at radius 3 is 2.63 bits per heavy atom. The van der Waals surface area contributed by atoms with Crippen LogP contribution in [0.25, 0.3) is 0 Å². The third-order valence-corrected chi connectivity index (χ3v) is 6.28. The van der Waals surface area contributed by atoms with E-state index < -0.39 is 6.10 Å². The van der Waals surface area contributed by atoms with Gasteiger partial charge in [-0.15, -0.1) is 0 Å². The number of ether oxygens (including phenoxy) is 1. The summed E-state index contributed by atoms with van der Waals surface area (Å²) >= 11 is 0. The number of β-amino-alcohol motifs (C(OH)–C–C–N with tert-alkyl or cyclic N) is 1. The molecular formula is C22H37N3O2. The van der Waals surface area contributed by atoms with Gasteiger partial charge >= 0.3 is 0 Å². The van der Waals surface area contributed by atoms with Crippen molar-refractivity contribution in [1.82, 2.24) is 9.88 Å². The maximum absolute atomic E-state index is 10.5. The van der Waals surface area contributed by atoms with Crippen LogP contribution in [0, 0.1) is 17.8 Å². The molecule has 0 amide bonds. The highest BCUT2D eigenvalue weighted by atomic mass is 16.5. The molecule has 2 aliphatic rings. The quantitative estimate of drug-likeness (QED) is 0.794. The lowest BCUT2D eigenvalue weighted by Crippen LogP contribution is -2.49. The Balaban J connectivity index is 1.40. The molecule has 2 fully saturated rings. The van der Waals surface area contributed by atoms with Crippen LogP contribution in [0.5, 0.6) is 0 Å². The van der Waals surface area contributed by atoms with Crippen molar-refractivity contribution >= 4 is 5.82 Å². The fourth-order valence-electron chi connectivity index (χ4n) is 4.59. The molecule has 1 aromatic heterocycles. The predicted octanol–water partition coefficient (Wildman–Crippen LogP) is 3.04. The van der Waals surface area contributed by atoms with E-state index in [-0.39, 0.29) is 0 Å². The molecule has 152 valence electrons. The topological polar surface area (TPSA) is 48.8 Å². The SMILES string of the molecule is CC(C)[C@H]1CC[C@@H](C)C[C@H]1OC[C@@H](O)CN1CCN(c2ccccn2)CC1. The van der Waals surface area contributed by atoms with Crippen LogP contribution in [-0.4, -0.2) is 66.5 Å². The van der Waals surface area contributed by atoms with E-state index in [1.165, 1.54) is 12.8 Å². The fraction of sp³-hybridized carbons (Fsp3) is 0.773. The molecule has 5 nitrogen and oxygen atoms in total. The summed E-state index contributed by atoms with van der Waals surface area (Å²) in [5.74, 6) is 3.07. The summed E-state index contributed by atoms with van der Waals surface area (Å²) in [6.07, 6.45) is 5.46. The maximum atomic E-state index is 10.5. The number of aliphatic hydroxyl groups is 1. The zero-order valence-electron chi connectivity index (χ0n) is 17.3. The monoisotopic (exact) mass is 375 g/mol. The molecule has 1 saturated heterocycles. The second-order valence-corrected chi connectivity index (χ2v) is 8.83. The summed E-state index contributed by atoms with van der Waals surface area (Å²) in [4.78, 5) is 9.09. The number of rotatable bonds is 7. The molecular weight excluding hydrogens is 338 g/mol. The van der Waals surface area contributed by atoms with Gasteiger partial charge in [-0.2, -0.15) is 0 Å². The Hall–Kier alpha value is -1.17. The number of hydrogen-bond acceptors (Lipinski definition) is 5. The molecule has 0 aromatic carbocycles. The van der Waals surface area contributed by atoms with E-state index >= 15 is 0 Å². The average Bonchev–Trinajstić information content (AvgIpc) is 2.67. The number of nitrogens with zero attached hydrogens (tertiary/aromatic N) is 3. The second kappa shape index (κ2) is 9.85. The van der Waals surface area contributed by atoms with Crippen LogP contribution in [0.3, 0.4) is 0 Å². The van der Waals surface area contributed by atoms with Crippen molar-refractivity contribution in [3.8, 4) is 0 Å². The van der Waals surface area contributed by atoms with Gasteiger partial charge < -0.3 is 14.7 Å². The molecule has 1 N–H and O–H groups in total. The normalized spacial score (nSPS) is 28.5. The Labute approximate surface area is 164 Å². The van der Waals surface area contributed by atoms with Crippen molar-refractivity contribution in [3.63, 3.8) is 0 Å². The van der Waals surface area contributed by atoms with Crippen molar-refractivity contribution < 1.29 is 9.84 Å². The van der Waals surface area contributed by atoms with E-state index in [0.29, 0.717) is 31.1 Å². The summed E-state index contributed by atoms with van der Waals surface area (Å²) in [5, 5.41) is 10.5. The van der Waals surface area contributed by atoms with Crippen molar-refractivity contribution in [2.45, 2.75) is 52.2 Å². The number of aliphatic hydroxyl groups excluding tert-OH is 1. The minimum absolute atomic E-state index is 0.310. The zero-order valence-corrected chi connectivity index (χ0v) is 17.3. The van der Waals surface area contributed by atoms with Gasteiger partial charge in [0.25, 0.3) is 0 Å². The van der Waals surface area contributed by atoms with E-state index in [0.717, 1.165) is 44.3 Å². The molecule has 1 saturated carbocycles. The number of hydrogen-bond donors (Lipinski definition) is 1. The van der Waals surface area contributed by atoms with Gasteiger partial charge in [0.2, 0.25) is 0 Å². The summed E-state index contributed by atoms with van der Waals surface area (Å²) < 4.78 is 6.22. The lowest BCUT2D eigenvalue weighted by Gasteiger charge is -2.38. The first-order chi connectivity index (χ1) is 13.0. The molecule has 1 aliphatic carbocycles. The number of aromatic nitrogens is 1. The van der Waals surface area contributed by atoms with E-state index in [2.05, 4.69) is 41.6 Å². The Morgan fingerprint density at radius 1 is 1.19 bits per heavy atom. The Bertz CT molecular complexity index is 546. The van der Waals surface area contributed by atoms with Crippen LogP contribution in [0.4, 0.5) is 5.82 Å². The van der Waals surface area contributed by atoms with Gasteiger partial charge in [-0.25, -0.2) is 4.98 Å². The summed E-state index contributed by atoms with van der Waals surface area (Å²) in [6, 6.07) is 6.05. The molecule has 0 unspecified atom stereocenters. The van der Waals surface area contributed by atoms with Crippen molar-refractivity contribution in [3.05, 3.63) is 24.4 Å². The number of piperazine rings is 1. The molecule has 1 aliphatic heterocycles. The van der Waals surface area contributed by atoms with Gasteiger partial charge in [0, 0.05) is 38.9 Å². The lowest BCUT2D eigenvalue weighted by atomic mass is 9.75. The predicted molar refractivity (Wildman–Crippen MR) is 110 cm³/mol. The summed E-state index contributed by atoms with van der Waals surface area (Å²) in [5.41, 5.74) is 0. The van der Waals surface area contributed by atoms with Crippen molar-refractivity contribution in [1.29, 1.82) is 0 Å². The van der Waals surface area contributed by atoms with Gasteiger partial charge in [0.15, 0.2) is 0 Å². The van der Waals surface area contributed by atoms with Crippen LogP contribution < -0.4 is 4.90 Å². The second-order valence-electron chi connectivity index (χ2n) is 8.83.